The highest BCUT2D eigenvalue weighted by molar-refractivity contribution is 6.01. The molecule has 1 aliphatic carbocycles. The molecular formula is C27H34N4O4. The monoisotopic (exact) mass is 478 g/mol. The van der Waals surface area contributed by atoms with E-state index in [1.807, 2.05) is 37.3 Å². The molecule has 0 bridgehead atoms. The molecule has 8 nitrogen and oxygen atoms in total. The number of anilines is 2. The van der Waals surface area contributed by atoms with Crippen molar-refractivity contribution >= 4 is 28.4 Å². The maximum atomic E-state index is 12.2. The number of hydrogen-bond donors (Lipinski definition) is 2. The maximum absolute atomic E-state index is 12.2. The first-order valence-electron chi connectivity index (χ1n) is 12.5. The molecule has 0 spiro atoms. The molecule has 3 N–H and O–H groups in total. The van der Waals surface area contributed by atoms with E-state index in [-0.39, 0.29) is 0 Å². The Bertz CT molecular complexity index is 1160. The Balaban J connectivity index is 1.31. The summed E-state index contributed by atoms with van der Waals surface area (Å²) in [6, 6.07) is 14.4. The molecule has 1 amide bonds. The highest BCUT2D eigenvalue weighted by Crippen LogP contribution is 2.44. The zero-order valence-electron chi connectivity index (χ0n) is 20.3. The van der Waals surface area contributed by atoms with Gasteiger partial charge in [-0.15, -0.1) is 0 Å². The molecule has 35 heavy (non-hydrogen) atoms. The number of nitrogens with two attached hydrogens (primary N) is 1. The predicted octanol–water partition coefficient (Wildman–Crippen LogP) is 4.89. The molecular weight excluding hydrogens is 444 g/mol. The average Bonchev–Trinajstić information content (AvgIpc) is 3.11. The summed E-state index contributed by atoms with van der Waals surface area (Å²) >= 11 is 0. The van der Waals surface area contributed by atoms with E-state index in [9.17, 15) is 4.79 Å². The Hall–Kier alpha value is -3.23. The minimum absolute atomic E-state index is 0.353. The van der Waals surface area contributed by atoms with Gasteiger partial charge in [0.15, 0.2) is 0 Å². The Morgan fingerprint density at radius 3 is 2.60 bits per heavy atom. The van der Waals surface area contributed by atoms with Gasteiger partial charge in [-0.05, 0) is 50.5 Å². The second-order valence-electron chi connectivity index (χ2n) is 9.12. The zero-order valence-corrected chi connectivity index (χ0v) is 20.3. The third-order valence-electron chi connectivity index (χ3n) is 6.91. The molecule has 1 aliphatic heterocycles. The molecule has 1 saturated carbocycles. The minimum atomic E-state index is -0.447. The van der Waals surface area contributed by atoms with Crippen molar-refractivity contribution < 1.29 is 19.0 Å². The van der Waals surface area contributed by atoms with Gasteiger partial charge in [0.1, 0.15) is 12.4 Å². The summed E-state index contributed by atoms with van der Waals surface area (Å²) in [4.78, 5) is 14.5. The van der Waals surface area contributed by atoms with Crippen molar-refractivity contribution in [2.75, 3.05) is 57.1 Å². The smallest absolute Gasteiger partial charge is 0.411 e. The number of benzene rings is 2. The van der Waals surface area contributed by atoms with Crippen LogP contribution in [0.3, 0.4) is 0 Å². The standard InChI is InChI=1S/C27H34N4O4/c1-2-34-22-10-11-23-24(18-22)31(21-4-3-5-21)26(25(23)28)19-6-8-20(9-7-19)29-27(32)35-17-14-30-12-15-33-16-13-30/h6-11,18,21H,2-5,12-17,28H2,1H3,(H,29,32). The van der Waals surface area contributed by atoms with Crippen molar-refractivity contribution in [3.8, 4) is 17.0 Å². The summed E-state index contributed by atoms with van der Waals surface area (Å²) < 4.78 is 18.8. The number of aromatic nitrogens is 1. The quantitative estimate of drug-likeness (QED) is 0.479. The molecule has 5 rings (SSSR count). The van der Waals surface area contributed by atoms with E-state index in [0.717, 1.165) is 72.7 Å². The molecule has 8 heteroatoms. The van der Waals surface area contributed by atoms with Gasteiger partial charge in [-0.2, -0.15) is 0 Å². The van der Waals surface area contributed by atoms with Crippen molar-refractivity contribution in [3.63, 3.8) is 0 Å². The van der Waals surface area contributed by atoms with E-state index in [1.54, 1.807) is 0 Å². The number of amides is 1. The second kappa shape index (κ2) is 10.6. The third-order valence-corrected chi connectivity index (χ3v) is 6.91. The van der Waals surface area contributed by atoms with Crippen LogP contribution in [0.4, 0.5) is 16.2 Å². The number of morpholine rings is 1. The number of hydrogen-bond acceptors (Lipinski definition) is 6. The molecule has 1 saturated heterocycles. The molecule has 0 radical (unpaired) electrons. The molecule has 2 aliphatic rings. The third kappa shape index (κ3) is 5.09. The number of ether oxygens (including phenoxy) is 3. The Kier molecular flexibility index (Phi) is 7.11. The van der Waals surface area contributed by atoms with Gasteiger partial charge in [-0.1, -0.05) is 12.1 Å². The number of fused-ring (bicyclic) bond motifs is 1. The van der Waals surface area contributed by atoms with Crippen LogP contribution in [0.15, 0.2) is 42.5 Å². The fraction of sp³-hybridized carbons (Fsp3) is 0.444. The fourth-order valence-corrected chi connectivity index (χ4v) is 4.85. The maximum Gasteiger partial charge on any atom is 0.411 e. The first kappa shape index (κ1) is 23.5. The minimum Gasteiger partial charge on any atom is -0.494 e. The molecule has 1 aromatic heterocycles. The van der Waals surface area contributed by atoms with Gasteiger partial charge in [0.05, 0.1) is 36.7 Å². The lowest BCUT2D eigenvalue weighted by Crippen LogP contribution is -2.38. The Morgan fingerprint density at radius 2 is 1.91 bits per heavy atom. The number of nitrogens with zero attached hydrogens (tertiary/aromatic N) is 2. The van der Waals surface area contributed by atoms with E-state index >= 15 is 0 Å². The summed E-state index contributed by atoms with van der Waals surface area (Å²) in [6.07, 6.45) is 3.07. The van der Waals surface area contributed by atoms with Gasteiger partial charge in [0.2, 0.25) is 0 Å². The summed E-state index contributed by atoms with van der Waals surface area (Å²) in [5, 5.41) is 3.86. The molecule has 2 heterocycles. The number of nitrogen functional groups attached to an aromatic ring is 1. The Morgan fingerprint density at radius 1 is 1.14 bits per heavy atom. The SMILES string of the molecule is CCOc1ccc2c(N)c(-c3ccc(NC(=O)OCCN4CCOCC4)cc3)n(C3CCC3)c2c1. The highest BCUT2D eigenvalue weighted by atomic mass is 16.5. The molecule has 2 aromatic carbocycles. The lowest BCUT2D eigenvalue weighted by Gasteiger charge is -2.30. The normalized spacial score (nSPS) is 16.7. The fourth-order valence-electron chi connectivity index (χ4n) is 4.85. The van der Waals surface area contributed by atoms with Crippen LogP contribution in [-0.4, -0.2) is 61.6 Å². The summed E-state index contributed by atoms with van der Waals surface area (Å²) in [6.45, 7) is 6.90. The van der Waals surface area contributed by atoms with Gasteiger partial charge in [-0.3, -0.25) is 10.2 Å². The lowest BCUT2D eigenvalue weighted by atomic mass is 9.92. The summed E-state index contributed by atoms with van der Waals surface area (Å²) in [5.74, 6) is 0.858. The highest BCUT2D eigenvalue weighted by Gasteiger charge is 2.27. The number of carbonyl (C=O) groups is 1. The van der Waals surface area contributed by atoms with Gasteiger partial charge < -0.3 is 24.5 Å². The van der Waals surface area contributed by atoms with Crippen LogP contribution < -0.4 is 15.8 Å². The van der Waals surface area contributed by atoms with E-state index in [1.165, 1.54) is 6.42 Å². The lowest BCUT2D eigenvalue weighted by molar-refractivity contribution is 0.0290. The predicted molar refractivity (Wildman–Crippen MR) is 138 cm³/mol. The van der Waals surface area contributed by atoms with E-state index in [0.29, 0.717) is 31.5 Å². The van der Waals surface area contributed by atoms with Gasteiger partial charge in [0.25, 0.3) is 0 Å². The van der Waals surface area contributed by atoms with Crippen LogP contribution in [0.2, 0.25) is 0 Å². The van der Waals surface area contributed by atoms with Crippen LogP contribution >= 0.6 is 0 Å². The second-order valence-corrected chi connectivity index (χ2v) is 9.12. The number of carbonyl (C=O) groups excluding carboxylic acids is 1. The average molecular weight is 479 g/mol. The van der Waals surface area contributed by atoms with E-state index in [2.05, 4.69) is 26.9 Å². The van der Waals surface area contributed by atoms with Crippen molar-refractivity contribution in [3.05, 3.63) is 42.5 Å². The molecule has 2 fully saturated rings. The van der Waals surface area contributed by atoms with Crippen LogP contribution in [0.1, 0.15) is 32.2 Å². The first-order chi connectivity index (χ1) is 17.1. The van der Waals surface area contributed by atoms with Gasteiger partial charge in [0, 0.05) is 48.4 Å². The molecule has 0 atom stereocenters. The number of rotatable bonds is 8. The van der Waals surface area contributed by atoms with Crippen LogP contribution in [-0.2, 0) is 9.47 Å². The molecule has 0 unspecified atom stereocenters. The Labute approximate surface area is 205 Å². The summed E-state index contributed by atoms with van der Waals surface area (Å²) in [5.41, 5.74) is 11.3. The van der Waals surface area contributed by atoms with Crippen molar-refractivity contribution in [2.24, 2.45) is 0 Å². The molecule has 186 valence electrons. The van der Waals surface area contributed by atoms with Crippen molar-refractivity contribution in [1.82, 2.24) is 9.47 Å². The van der Waals surface area contributed by atoms with E-state index in [4.69, 9.17) is 19.9 Å². The van der Waals surface area contributed by atoms with Crippen LogP contribution in [0.5, 0.6) is 5.75 Å². The van der Waals surface area contributed by atoms with Crippen molar-refractivity contribution in [2.45, 2.75) is 32.2 Å². The topological polar surface area (TPSA) is 91.0 Å². The summed E-state index contributed by atoms with van der Waals surface area (Å²) in [7, 11) is 0. The molecule has 3 aromatic rings. The van der Waals surface area contributed by atoms with Crippen LogP contribution in [0.25, 0.3) is 22.2 Å². The zero-order chi connectivity index (χ0) is 24.2. The van der Waals surface area contributed by atoms with E-state index < -0.39 is 6.09 Å². The van der Waals surface area contributed by atoms with Gasteiger partial charge >= 0.3 is 6.09 Å². The number of nitrogens with one attached hydrogen (secondary N) is 1. The van der Waals surface area contributed by atoms with Crippen LogP contribution in [0, 0.1) is 0 Å². The van der Waals surface area contributed by atoms with Gasteiger partial charge in [-0.25, -0.2) is 4.79 Å². The first-order valence-corrected chi connectivity index (χ1v) is 12.5. The largest absolute Gasteiger partial charge is 0.494 e. The van der Waals surface area contributed by atoms with Crippen molar-refractivity contribution in [1.29, 1.82) is 0 Å².